The predicted molar refractivity (Wildman–Crippen MR) is 106 cm³/mol. The second-order valence-corrected chi connectivity index (χ2v) is 7.53. The van der Waals surface area contributed by atoms with E-state index in [1.807, 2.05) is 25.2 Å². The van der Waals surface area contributed by atoms with Gasteiger partial charge in [-0.05, 0) is 26.2 Å². The largest absolute Gasteiger partial charge is 0.469 e. The fraction of sp³-hybridized carbons (Fsp3) is 0.636. The number of esters is 1. The summed E-state index contributed by atoms with van der Waals surface area (Å²) in [6.45, 7) is 3.92. The number of allylic oxidation sites excluding steroid dienone is 3. The Morgan fingerprint density at radius 2 is 2.00 bits per heavy atom. The Balaban J connectivity index is 2.58. The molecule has 0 spiro atoms. The number of ketones is 1. The molecule has 0 bridgehead atoms. The molecular weight excluding hydrogens is 344 g/mol. The molecule has 5 heteroatoms. The van der Waals surface area contributed by atoms with Crippen molar-refractivity contribution in [1.29, 1.82) is 0 Å². The monoisotopic (exact) mass is 378 g/mol. The zero-order valence-electron chi connectivity index (χ0n) is 16.8. The number of Topliss-reactive ketones (excluding diaryl/α,β-unsaturated/α-hetero) is 1. The maximum Gasteiger partial charge on any atom is 0.309 e. The first kappa shape index (κ1) is 23.3. The molecule has 0 aliphatic heterocycles. The Morgan fingerprint density at radius 1 is 1.30 bits per heavy atom. The Bertz CT molecular complexity index is 559. The number of hydrogen-bond donors (Lipinski definition) is 2. The van der Waals surface area contributed by atoms with Gasteiger partial charge in [0.05, 0.1) is 25.2 Å². The van der Waals surface area contributed by atoms with Gasteiger partial charge in [-0.3, -0.25) is 9.59 Å². The number of unbranched alkanes of at least 4 members (excludes halogenated alkanes) is 1. The van der Waals surface area contributed by atoms with Gasteiger partial charge in [-0.25, -0.2) is 0 Å². The number of aliphatic hydroxyl groups is 2. The summed E-state index contributed by atoms with van der Waals surface area (Å²) in [6, 6.07) is 0. The topological polar surface area (TPSA) is 83.8 Å². The van der Waals surface area contributed by atoms with E-state index in [9.17, 15) is 19.8 Å². The molecule has 0 radical (unpaired) electrons. The van der Waals surface area contributed by atoms with Crippen molar-refractivity contribution in [2.45, 2.75) is 70.5 Å². The number of aliphatic hydroxyl groups excluding tert-OH is 1. The van der Waals surface area contributed by atoms with Gasteiger partial charge in [-0.15, -0.1) is 0 Å². The molecule has 1 aliphatic rings. The maximum atomic E-state index is 12.2. The quantitative estimate of drug-likeness (QED) is 0.327. The van der Waals surface area contributed by atoms with E-state index in [0.717, 1.165) is 19.3 Å². The Kier molecular flexibility index (Phi) is 10.3. The summed E-state index contributed by atoms with van der Waals surface area (Å²) < 4.78 is 4.55. The number of carbonyl (C=O) groups is 2. The van der Waals surface area contributed by atoms with Gasteiger partial charge < -0.3 is 14.9 Å². The van der Waals surface area contributed by atoms with Crippen molar-refractivity contribution in [3.63, 3.8) is 0 Å². The number of methoxy groups -OCH3 is 1. The number of hydrogen-bond acceptors (Lipinski definition) is 5. The highest BCUT2D eigenvalue weighted by Crippen LogP contribution is 2.33. The van der Waals surface area contributed by atoms with Gasteiger partial charge >= 0.3 is 5.97 Å². The molecule has 1 saturated carbocycles. The molecule has 152 valence electrons. The summed E-state index contributed by atoms with van der Waals surface area (Å²) in [5.41, 5.74) is -0.750. The molecule has 27 heavy (non-hydrogen) atoms. The molecule has 1 aliphatic carbocycles. The normalized spacial score (nSPS) is 25.7. The summed E-state index contributed by atoms with van der Waals surface area (Å²) in [5.74, 6) is -0.697. The first-order valence-corrected chi connectivity index (χ1v) is 9.79. The van der Waals surface area contributed by atoms with Gasteiger partial charge in [0, 0.05) is 18.3 Å². The minimum absolute atomic E-state index is 0.0677. The third-order valence-electron chi connectivity index (χ3n) is 5.00. The smallest absolute Gasteiger partial charge is 0.309 e. The molecule has 5 nitrogen and oxygen atoms in total. The van der Waals surface area contributed by atoms with Crippen molar-refractivity contribution < 1.29 is 24.5 Å². The van der Waals surface area contributed by atoms with Crippen LogP contribution in [0.4, 0.5) is 0 Å². The highest BCUT2D eigenvalue weighted by atomic mass is 16.5. The summed E-state index contributed by atoms with van der Waals surface area (Å²) in [4.78, 5) is 23.2. The number of ether oxygens (including phenoxy) is 1. The van der Waals surface area contributed by atoms with Gasteiger partial charge in [-0.2, -0.15) is 0 Å². The van der Waals surface area contributed by atoms with Crippen LogP contribution in [0.5, 0.6) is 0 Å². The highest BCUT2D eigenvalue weighted by Gasteiger charge is 2.39. The number of rotatable bonds is 11. The predicted octanol–water partition coefficient (Wildman–Crippen LogP) is 3.51. The minimum Gasteiger partial charge on any atom is -0.469 e. The Morgan fingerprint density at radius 3 is 2.67 bits per heavy atom. The lowest BCUT2D eigenvalue weighted by Crippen LogP contribution is -2.23. The lowest BCUT2D eigenvalue weighted by molar-refractivity contribution is -0.139. The van der Waals surface area contributed by atoms with Crippen molar-refractivity contribution in [2.24, 2.45) is 11.8 Å². The van der Waals surface area contributed by atoms with E-state index < -0.39 is 11.7 Å². The standard InChI is InChI=1S/C22H34O5/c1-4-5-14-22(2,26)15-10-12-18-17(19(23)16-20(18)24)11-8-6-7-9-13-21(25)27-3/h6-10,12,17-18,20,24,26H,4-5,11,13-16H2,1-3H3/b8-6-,9-7?,12-10?/t17-,18-,20-,22?/m1/s1. The van der Waals surface area contributed by atoms with Crippen LogP contribution >= 0.6 is 0 Å². The molecule has 1 rings (SSSR count). The van der Waals surface area contributed by atoms with Crippen LogP contribution in [0.25, 0.3) is 0 Å². The summed E-state index contributed by atoms with van der Waals surface area (Å²) in [6.07, 6.45) is 14.5. The van der Waals surface area contributed by atoms with Crippen LogP contribution in [0.3, 0.4) is 0 Å². The van der Waals surface area contributed by atoms with Crippen LogP contribution in [-0.2, 0) is 14.3 Å². The minimum atomic E-state index is -0.750. The van der Waals surface area contributed by atoms with E-state index >= 15 is 0 Å². The molecule has 0 aromatic carbocycles. The molecule has 0 saturated heterocycles. The lowest BCUT2D eigenvalue weighted by atomic mass is 9.89. The fourth-order valence-corrected chi connectivity index (χ4v) is 3.30. The van der Waals surface area contributed by atoms with Crippen LogP contribution in [-0.4, -0.2) is 40.8 Å². The first-order valence-electron chi connectivity index (χ1n) is 9.79. The summed E-state index contributed by atoms with van der Waals surface area (Å²) >= 11 is 0. The Labute approximate surface area is 162 Å². The van der Waals surface area contributed by atoms with E-state index in [4.69, 9.17) is 0 Å². The fourth-order valence-electron chi connectivity index (χ4n) is 3.30. The van der Waals surface area contributed by atoms with Gasteiger partial charge in [0.15, 0.2) is 0 Å². The zero-order chi connectivity index (χ0) is 20.3. The zero-order valence-corrected chi connectivity index (χ0v) is 16.8. The average molecular weight is 379 g/mol. The molecule has 0 heterocycles. The van der Waals surface area contributed by atoms with E-state index in [0.29, 0.717) is 12.8 Å². The van der Waals surface area contributed by atoms with Gasteiger partial charge in [-0.1, -0.05) is 56.2 Å². The number of carbonyl (C=O) groups excluding carboxylic acids is 2. The van der Waals surface area contributed by atoms with Crippen molar-refractivity contribution in [1.82, 2.24) is 0 Å². The van der Waals surface area contributed by atoms with E-state index in [2.05, 4.69) is 11.7 Å². The lowest BCUT2D eigenvalue weighted by Gasteiger charge is -2.22. The molecule has 1 fully saturated rings. The van der Waals surface area contributed by atoms with Crippen molar-refractivity contribution in [3.05, 3.63) is 36.5 Å². The molecule has 4 atom stereocenters. The molecule has 2 N–H and O–H groups in total. The van der Waals surface area contributed by atoms with E-state index in [1.165, 1.54) is 7.11 Å². The second-order valence-electron chi connectivity index (χ2n) is 7.53. The van der Waals surface area contributed by atoms with E-state index in [-0.39, 0.29) is 36.4 Å². The van der Waals surface area contributed by atoms with Crippen molar-refractivity contribution in [2.75, 3.05) is 7.11 Å². The van der Waals surface area contributed by atoms with Crippen LogP contribution in [0, 0.1) is 11.8 Å². The first-order chi connectivity index (χ1) is 12.8. The highest BCUT2D eigenvalue weighted by molar-refractivity contribution is 5.84. The molecule has 0 aromatic rings. The van der Waals surface area contributed by atoms with E-state index in [1.54, 1.807) is 18.2 Å². The second kappa shape index (κ2) is 11.9. The SMILES string of the molecule is CCCCC(C)(O)CC=C[C@H]1[C@H](O)CC(=O)[C@@H]1C/C=C\C=CCC(=O)OC. The van der Waals surface area contributed by atoms with Gasteiger partial charge in [0.25, 0.3) is 0 Å². The van der Waals surface area contributed by atoms with Crippen LogP contribution < -0.4 is 0 Å². The summed E-state index contributed by atoms with van der Waals surface area (Å²) in [5, 5.41) is 20.6. The van der Waals surface area contributed by atoms with Crippen LogP contribution in [0.2, 0.25) is 0 Å². The molecule has 1 unspecified atom stereocenters. The van der Waals surface area contributed by atoms with Crippen molar-refractivity contribution >= 4 is 11.8 Å². The third kappa shape index (κ3) is 8.67. The summed E-state index contributed by atoms with van der Waals surface area (Å²) in [7, 11) is 1.35. The molecule has 0 amide bonds. The van der Waals surface area contributed by atoms with Crippen LogP contribution in [0.15, 0.2) is 36.5 Å². The Hall–Kier alpha value is -1.72. The molecule has 0 aromatic heterocycles. The third-order valence-corrected chi connectivity index (χ3v) is 5.00. The van der Waals surface area contributed by atoms with Crippen LogP contribution in [0.1, 0.15) is 58.8 Å². The van der Waals surface area contributed by atoms with Gasteiger partial charge in [0.2, 0.25) is 0 Å². The average Bonchev–Trinajstić information content (AvgIpc) is 2.89. The van der Waals surface area contributed by atoms with Crippen molar-refractivity contribution in [3.8, 4) is 0 Å². The van der Waals surface area contributed by atoms with Gasteiger partial charge in [0.1, 0.15) is 5.78 Å². The maximum absolute atomic E-state index is 12.2. The molecular formula is C22H34O5.